The zero-order valence-corrected chi connectivity index (χ0v) is 9.93. The summed E-state index contributed by atoms with van der Waals surface area (Å²) in [6.45, 7) is 5.84. The summed E-state index contributed by atoms with van der Waals surface area (Å²) in [5.74, 6) is -0.489. The molecule has 0 aliphatic heterocycles. The van der Waals surface area contributed by atoms with E-state index in [1.165, 1.54) is 6.26 Å². The number of aryl methyl sites for hydroxylation is 1. The molecule has 0 atom stereocenters. The van der Waals surface area contributed by atoms with Gasteiger partial charge < -0.3 is 9.15 Å². The molecule has 90 valence electrons. The molecular weight excluding hydrogens is 222 g/mol. The Morgan fingerprint density at radius 1 is 1.53 bits per heavy atom. The fourth-order valence-electron chi connectivity index (χ4n) is 1.37. The van der Waals surface area contributed by atoms with Crippen LogP contribution < -0.4 is 0 Å². The van der Waals surface area contributed by atoms with E-state index in [1.807, 2.05) is 13.8 Å². The molecule has 0 aliphatic rings. The number of nitrogens with zero attached hydrogens (tertiary/aromatic N) is 3. The van der Waals surface area contributed by atoms with Crippen LogP contribution in [0, 0.1) is 13.8 Å². The Morgan fingerprint density at radius 2 is 2.29 bits per heavy atom. The molecule has 0 radical (unpaired) electrons. The van der Waals surface area contributed by atoms with E-state index in [0.29, 0.717) is 12.6 Å². The standard InChI is InChI=1S/C11H13N3O3/c1-4-16-10(15)9-5-17-11(13-9)14-6-12-7(2)8(14)3/h5-6H,4H2,1-3H3. The van der Waals surface area contributed by atoms with Crippen molar-refractivity contribution >= 4 is 5.97 Å². The predicted molar refractivity (Wildman–Crippen MR) is 59.1 cm³/mol. The van der Waals surface area contributed by atoms with Gasteiger partial charge in [0.2, 0.25) is 0 Å². The van der Waals surface area contributed by atoms with Gasteiger partial charge in [0, 0.05) is 5.69 Å². The van der Waals surface area contributed by atoms with E-state index < -0.39 is 5.97 Å². The van der Waals surface area contributed by atoms with Gasteiger partial charge in [-0.15, -0.1) is 0 Å². The number of rotatable bonds is 3. The van der Waals surface area contributed by atoms with E-state index in [9.17, 15) is 4.79 Å². The molecule has 0 bridgehead atoms. The molecule has 17 heavy (non-hydrogen) atoms. The molecule has 0 N–H and O–H groups in total. The third kappa shape index (κ3) is 2.06. The first kappa shape index (κ1) is 11.4. The maximum absolute atomic E-state index is 11.4. The largest absolute Gasteiger partial charge is 0.461 e. The molecule has 0 fully saturated rings. The Morgan fingerprint density at radius 3 is 2.88 bits per heavy atom. The van der Waals surface area contributed by atoms with Gasteiger partial charge in [-0.3, -0.25) is 4.57 Å². The molecule has 0 unspecified atom stereocenters. The Bertz CT molecular complexity index is 542. The number of oxazole rings is 1. The molecule has 2 heterocycles. The van der Waals surface area contributed by atoms with Crippen LogP contribution in [0.25, 0.3) is 6.01 Å². The van der Waals surface area contributed by atoms with Crippen LogP contribution in [0.3, 0.4) is 0 Å². The number of carbonyl (C=O) groups excluding carboxylic acids is 1. The molecule has 6 nitrogen and oxygen atoms in total. The first-order valence-electron chi connectivity index (χ1n) is 5.27. The Hall–Kier alpha value is -2.11. The van der Waals surface area contributed by atoms with Crippen LogP contribution in [0.5, 0.6) is 0 Å². The molecule has 0 aromatic carbocycles. The molecule has 2 aromatic heterocycles. The van der Waals surface area contributed by atoms with Crippen LogP contribution in [0.4, 0.5) is 0 Å². The highest BCUT2D eigenvalue weighted by Crippen LogP contribution is 2.13. The second-order valence-corrected chi connectivity index (χ2v) is 3.52. The summed E-state index contributed by atoms with van der Waals surface area (Å²) >= 11 is 0. The molecular formula is C11H13N3O3. The first-order valence-corrected chi connectivity index (χ1v) is 5.27. The van der Waals surface area contributed by atoms with Gasteiger partial charge in [0.05, 0.1) is 12.3 Å². The van der Waals surface area contributed by atoms with Crippen molar-refractivity contribution in [3.63, 3.8) is 0 Å². The summed E-state index contributed by atoms with van der Waals surface area (Å²) in [4.78, 5) is 19.6. The molecule has 0 amide bonds. The number of aromatic nitrogens is 3. The number of esters is 1. The fourth-order valence-corrected chi connectivity index (χ4v) is 1.37. The molecule has 0 aliphatic carbocycles. The smallest absolute Gasteiger partial charge is 0.360 e. The molecule has 2 rings (SSSR count). The predicted octanol–water partition coefficient (Wildman–Crippen LogP) is 1.65. The lowest BCUT2D eigenvalue weighted by Gasteiger charge is -1.98. The molecule has 6 heteroatoms. The number of ether oxygens (including phenoxy) is 1. The van der Waals surface area contributed by atoms with E-state index in [0.717, 1.165) is 11.4 Å². The molecule has 0 saturated carbocycles. The average molecular weight is 235 g/mol. The van der Waals surface area contributed by atoms with Crippen molar-refractivity contribution in [1.29, 1.82) is 0 Å². The Kier molecular flexibility index (Phi) is 2.95. The van der Waals surface area contributed by atoms with Crippen LogP contribution in [-0.2, 0) is 4.74 Å². The summed E-state index contributed by atoms with van der Waals surface area (Å²) in [6, 6.07) is 0.311. The maximum Gasteiger partial charge on any atom is 0.360 e. The van der Waals surface area contributed by atoms with Crippen LogP contribution in [-0.4, -0.2) is 27.1 Å². The number of hydrogen-bond acceptors (Lipinski definition) is 5. The maximum atomic E-state index is 11.4. The van der Waals surface area contributed by atoms with E-state index in [-0.39, 0.29) is 5.69 Å². The van der Waals surface area contributed by atoms with Crippen LogP contribution in [0.2, 0.25) is 0 Å². The van der Waals surface area contributed by atoms with Gasteiger partial charge in [0.15, 0.2) is 5.69 Å². The van der Waals surface area contributed by atoms with Gasteiger partial charge in [0.25, 0.3) is 0 Å². The van der Waals surface area contributed by atoms with Gasteiger partial charge >= 0.3 is 12.0 Å². The molecule has 2 aromatic rings. The van der Waals surface area contributed by atoms with Crippen LogP contribution in [0.15, 0.2) is 17.0 Å². The van der Waals surface area contributed by atoms with Crippen LogP contribution >= 0.6 is 0 Å². The van der Waals surface area contributed by atoms with Gasteiger partial charge in [-0.2, -0.15) is 4.98 Å². The zero-order valence-electron chi connectivity index (χ0n) is 9.93. The van der Waals surface area contributed by atoms with E-state index in [1.54, 1.807) is 17.8 Å². The minimum absolute atomic E-state index is 0.160. The first-order chi connectivity index (χ1) is 8.13. The van der Waals surface area contributed by atoms with Crippen molar-refractivity contribution < 1.29 is 13.9 Å². The Balaban J connectivity index is 2.30. The number of hydrogen-bond donors (Lipinski definition) is 0. The van der Waals surface area contributed by atoms with Gasteiger partial charge in [0.1, 0.15) is 12.6 Å². The fraction of sp³-hybridized carbons (Fsp3) is 0.364. The number of imidazole rings is 1. The Labute approximate surface area is 98.2 Å². The minimum atomic E-state index is -0.489. The van der Waals surface area contributed by atoms with E-state index >= 15 is 0 Å². The summed E-state index contributed by atoms with van der Waals surface area (Å²) in [5.41, 5.74) is 1.97. The van der Waals surface area contributed by atoms with Crippen molar-refractivity contribution in [2.24, 2.45) is 0 Å². The number of carbonyl (C=O) groups is 1. The summed E-state index contributed by atoms with van der Waals surface area (Å²) in [6.07, 6.45) is 2.88. The lowest BCUT2D eigenvalue weighted by molar-refractivity contribution is 0.0519. The highest BCUT2D eigenvalue weighted by Gasteiger charge is 2.15. The molecule has 0 spiro atoms. The van der Waals surface area contributed by atoms with E-state index in [2.05, 4.69) is 9.97 Å². The van der Waals surface area contributed by atoms with Crippen molar-refractivity contribution in [3.05, 3.63) is 29.7 Å². The van der Waals surface area contributed by atoms with Crippen molar-refractivity contribution in [2.45, 2.75) is 20.8 Å². The summed E-state index contributed by atoms with van der Waals surface area (Å²) in [5, 5.41) is 0. The summed E-state index contributed by atoms with van der Waals surface area (Å²) in [7, 11) is 0. The summed E-state index contributed by atoms with van der Waals surface area (Å²) < 4.78 is 11.7. The third-order valence-corrected chi connectivity index (χ3v) is 2.43. The van der Waals surface area contributed by atoms with Crippen molar-refractivity contribution in [1.82, 2.24) is 14.5 Å². The topological polar surface area (TPSA) is 70.2 Å². The monoisotopic (exact) mass is 235 g/mol. The second-order valence-electron chi connectivity index (χ2n) is 3.52. The molecule has 0 saturated heterocycles. The van der Waals surface area contributed by atoms with Crippen LogP contribution in [0.1, 0.15) is 28.8 Å². The van der Waals surface area contributed by atoms with E-state index in [4.69, 9.17) is 9.15 Å². The van der Waals surface area contributed by atoms with Gasteiger partial charge in [-0.25, -0.2) is 9.78 Å². The van der Waals surface area contributed by atoms with Crippen molar-refractivity contribution in [3.8, 4) is 6.01 Å². The van der Waals surface area contributed by atoms with Gasteiger partial charge in [-0.1, -0.05) is 0 Å². The normalized spacial score (nSPS) is 10.5. The SMILES string of the molecule is CCOC(=O)c1coc(-n2cnc(C)c2C)n1. The lowest BCUT2D eigenvalue weighted by Crippen LogP contribution is -2.05. The van der Waals surface area contributed by atoms with Gasteiger partial charge in [-0.05, 0) is 20.8 Å². The second kappa shape index (κ2) is 4.40. The third-order valence-electron chi connectivity index (χ3n) is 2.43. The lowest BCUT2D eigenvalue weighted by atomic mass is 10.4. The van der Waals surface area contributed by atoms with Crippen molar-refractivity contribution in [2.75, 3.05) is 6.61 Å². The minimum Gasteiger partial charge on any atom is -0.461 e. The average Bonchev–Trinajstić information content (AvgIpc) is 2.88. The highest BCUT2D eigenvalue weighted by atomic mass is 16.5. The highest BCUT2D eigenvalue weighted by molar-refractivity contribution is 5.86. The quantitative estimate of drug-likeness (QED) is 0.756. The zero-order chi connectivity index (χ0) is 12.4.